The summed E-state index contributed by atoms with van der Waals surface area (Å²) >= 11 is 1.52. The first kappa shape index (κ1) is 19.3. The van der Waals surface area contributed by atoms with Crippen molar-refractivity contribution >= 4 is 27.0 Å². The fraction of sp³-hybridized carbons (Fsp3) is 0.333. The molecule has 2 aromatic rings. The van der Waals surface area contributed by atoms with Crippen LogP contribution in [0.4, 0.5) is 5.69 Å². The Labute approximate surface area is 150 Å². The lowest BCUT2D eigenvalue weighted by Crippen LogP contribution is -2.34. The first-order chi connectivity index (χ1) is 11.8. The molecule has 1 aromatic carbocycles. The second-order valence-electron chi connectivity index (χ2n) is 5.44. The third-order valence-corrected chi connectivity index (χ3v) is 6.06. The summed E-state index contributed by atoms with van der Waals surface area (Å²) in [6, 6.07) is 7.28. The molecule has 0 aliphatic rings. The van der Waals surface area contributed by atoms with Gasteiger partial charge in [-0.15, -0.1) is 11.3 Å². The molecular weight excluding hydrogens is 366 g/mol. The monoisotopic (exact) mass is 385 g/mol. The van der Waals surface area contributed by atoms with Crippen molar-refractivity contribution in [2.45, 2.75) is 10.9 Å². The van der Waals surface area contributed by atoms with Crippen LogP contribution in [-0.2, 0) is 10.0 Å². The van der Waals surface area contributed by atoms with E-state index in [2.05, 4.69) is 4.72 Å². The number of methoxy groups -OCH3 is 1. The number of hydrogen-bond donors (Lipinski definition) is 1. The highest BCUT2D eigenvalue weighted by Gasteiger charge is 2.28. The van der Waals surface area contributed by atoms with Crippen LogP contribution in [0.3, 0.4) is 0 Å². The average Bonchev–Trinajstić information content (AvgIpc) is 3.08. The molecule has 1 unspecified atom stereocenters. The van der Waals surface area contributed by atoms with Crippen LogP contribution < -0.4 is 9.46 Å². The molecule has 136 valence electrons. The van der Waals surface area contributed by atoms with Crippen molar-refractivity contribution in [1.82, 2.24) is 9.62 Å². The number of nitro benzene ring substituents is 1. The van der Waals surface area contributed by atoms with Gasteiger partial charge in [-0.1, -0.05) is 6.07 Å². The maximum absolute atomic E-state index is 12.6. The highest BCUT2D eigenvalue weighted by atomic mass is 32.2. The van der Waals surface area contributed by atoms with Crippen molar-refractivity contribution in [2.75, 3.05) is 27.7 Å². The molecule has 0 bridgehead atoms. The third-order valence-electron chi connectivity index (χ3n) is 3.61. The molecule has 0 aliphatic carbocycles. The predicted octanol–water partition coefficient (Wildman–Crippen LogP) is 2.25. The highest BCUT2D eigenvalue weighted by Crippen LogP contribution is 2.29. The summed E-state index contributed by atoms with van der Waals surface area (Å²) in [5.74, 6) is 0.218. The molecular formula is C15H19N3O5S2. The van der Waals surface area contributed by atoms with E-state index < -0.39 is 20.6 Å². The van der Waals surface area contributed by atoms with E-state index in [0.29, 0.717) is 0 Å². The summed E-state index contributed by atoms with van der Waals surface area (Å²) in [6.07, 6.45) is 0. The van der Waals surface area contributed by atoms with Crippen LogP contribution in [0.15, 0.2) is 40.6 Å². The van der Waals surface area contributed by atoms with E-state index in [0.717, 1.165) is 10.9 Å². The van der Waals surface area contributed by atoms with Crippen LogP contribution >= 0.6 is 11.3 Å². The molecule has 0 amide bonds. The van der Waals surface area contributed by atoms with E-state index in [1.54, 1.807) is 0 Å². The summed E-state index contributed by atoms with van der Waals surface area (Å²) < 4.78 is 32.6. The lowest BCUT2D eigenvalue weighted by Gasteiger charge is -2.23. The van der Waals surface area contributed by atoms with Gasteiger partial charge in [0.1, 0.15) is 5.75 Å². The summed E-state index contributed by atoms with van der Waals surface area (Å²) in [5.41, 5.74) is -0.524. The number of hydrogen-bond acceptors (Lipinski definition) is 7. The number of thiophene rings is 1. The van der Waals surface area contributed by atoms with Gasteiger partial charge in [-0.3, -0.25) is 10.1 Å². The molecule has 25 heavy (non-hydrogen) atoms. The molecule has 8 nitrogen and oxygen atoms in total. The molecule has 10 heteroatoms. The van der Waals surface area contributed by atoms with Crippen LogP contribution in [0.5, 0.6) is 5.75 Å². The lowest BCUT2D eigenvalue weighted by atomic mass is 10.2. The molecule has 2 rings (SSSR count). The van der Waals surface area contributed by atoms with Gasteiger partial charge in [0.05, 0.1) is 24.1 Å². The molecule has 0 spiro atoms. The summed E-state index contributed by atoms with van der Waals surface area (Å²) in [4.78, 5) is 13.0. The second kappa shape index (κ2) is 7.91. The maximum atomic E-state index is 12.6. The van der Waals surface area contributed by atoms with Crippen molar-refractivity contribution in [3.8, 4) is 5.75 Å². The van der Waals surface area contributed by atoms with Gasteiger partial charge in [-0.2, -0.15) is 0 Å². The lowest BCUT2D eigenvalue weighted by molar-refractivity contribution is -0.387. The molecule has 0 fully saturated rings. The number of likely N-dealkylation sites (N-methyl/N-ethyl adjacent to an activating group) is 1. The Hall–Kier alpha value is -2.01. The number of nitro groups is 1. The Morgan fingerprint density at radius 2 is 2.08 bits per heavy atom. The maximum Gasteiger partial charge on any atom is 0.293 e. The minimum absolute atomic E-state index is 0.0963. The molecule has 0 radical (unpaired) electrons. The van der Waals surface area contributed by atoms with Gasteiger partial charge in [-0.25, -0.2) is 13.1 Å². The van der Waals surface area contributed by atoms with E-state index in [1.807, 2.05) is 36.5 Å². The highest BCUT2D eigenvalue weighted by molar-refractivity contribution is 7.89. The van der Waals surface area contributed by atoms with Crippen LogP contribution in [-0.4, -0.2) is 46.0 Å². The molecule has 0 saturated carbocycles. The third kappa shape index (κ3) is 4.54. The standard InChI is InChI=1S/C15H19N3O5S2/c1-17(2)13(14-5-4-8-24-14)10-16-25(21,22)15-7-6-11(23-3)9-12(15)18(19)20/h4-9,13,16H,10H2,1-3H3. The molecule has 0 aliphatic heterocycles. The molecule has 1 N–H and O–H groups in total. The Kier molecular flexibility index (Phi) is 6.11. The van der Waals surface area contributed by atoms with Gasteiger partial charge in [-0.05, 0) is 37.7 Å². The van der Waals surface area contributed by atoms with Crippen LogP contribution in [0.25, 0.3) is 0 Å². The Balaban J connectivity index is 2.28. The second-order valence-corrected chi connectivity index (χ2v) is 8.15. The number of nitrogens with zero attached hydrogens (tertiary/aromatic N) is 2. The summed E-state index contributed by atoms with van der Waals surface area (Å²) in [6.45, 7) is 0.0963. The fourth-order valence-electron chi connectivity index (χ4n) is 2.28. The topological polar surface area (TPSA) is 102 Å². The first-order valence-corrected chi connectivity index (χ1v) is 9.64. The zero-order valence-corrected chi connectivity index (χ0v) is 15.6. The van der Waals surface area contributed by atoms with Gasteiger partial charge < -0.3 is 9.64 Å². The van der Waals surface area contributed by atoms with Crippen LogP contribution in [0.1, 0.15) is 10.9 Å². The zero-order valence-electron chi connectivity index (χ0n) is 14.0. The zero-order chi connectivity index (χ0) is 18.6. The van der Waals surface area contributed by atoms with Crippen molar-refractivity contribution in [3.63, 3.8) is 0 Å². The van der Waals surface area contributed by atoms with E-state index in [-0.39, 0.29) is 23.2 Å². The summed E-state index contributed by atoms with van der Waals surface area (Å²) in [7, 11) is 0.989. The number of sulfonamides is 1. The minimum Gasteiger partial charge on any atom is -0.497 e. The van der Waals surface area contributed by atoms with Crippen molar-refractivity contribution in [1.29, 1.82) is 0 Å². The Morgan fingerprint density at radius 3 is 2.60 bits per heavy atom. The van der Waals surface area contributed by atoms with Gasteiger partial charge in [0.15, 0.2) is 4.90 Å². The van der Waals surface area contributed by atoms with Gasteiger partial charge in [0.25, 0.3) is 5.69 Å². The number of ether oxygens (including phenoxy) is 1. The number of rotatable bonds is 8. The largest absolute Gasteiger partial charge is 0.497 e. The van der Waals surface area contributed by atoms with Crippen LogP contribution in [0, 0.1) is 10.1 Å². The smallest absolute Gasteiger partial charge is 0.293 e. The van der Waals surface area contributed by atoms with E-state index in [4.69, 9.17) is 4.74 Å². The molecule has 1 heterocycles. The van der Waals surface area contributed by atoms with Crippen molar-refractivity contribution < 1.29 is 18.1 Å². The quantitative estimate of drug-likeness (QED) is 0.552. The normalized spacial score (nSPS) is 13.0. The SMILES string of the molecule is COc1ccc(S(=O)(=O)NCC(c2cccs2)N(C)C)c([N+](=O)[O-])c1. The molecule has 0 saturated heterocycles. The predicted molar refractivity (Wildman–Crippen MR) is 95.6 cm³/mol. The fourth-order valence-corrected chi connectivity index (χ4v) is 4.39. The van der Waals surface area contributed by atoms with Crippen molar-refractivity contribution in [3.05, 3.63) is 50.7 Å². The molecule has 1 aromatic heterocycles. The molecule has 1 atom stereocenters. The first-order valence-electron chi connectivity index (χ1n) is 7.28. The Morgan fingerprint density at radius 1 is 1.36 bits per heavy atom. The Bertz CT molecular complexity index is 835. The van der Waals surface area contributed by atoms with Crippen LogP contribution in [0.2, 0.25) is 0 Å². The van der Waals surface area contributed by atoms with Gasteiger partial charge in [0.2, 0.25) is 10.0 Å². The van der Waals surface area contributed by atoms with E-state index >= 15 is 0 Å². The van der Waals surface area contributed by atoms with Crippen molar-refractivity contribution in [2.24, 2.45) is 0 Å². The average molecular weight is 385 g/mol. The van der Waals surface area contributed by atoms with E-state index in [1.165, 1.54) is 30.6 Å². The van der Waals surface area contributed by atoms with E-state index in [9.17, 15) is 18.5 Å². The minimum atomic E-state index is -4.05. The number of nitrogens with one attached hydrogen (secondary N) is 1. The number of benzene rings is 1. The summed E-state index contributed by atoms with van der Waals surface area (Å²) in [5, 5.41) is 13.1. The van der Waals surface area contributed by atoms with Gasteiger partial charge >= 0.3 is 0 Å². The van der Waals surface area contributed by atoms with Gasteiger partial charge in [0, 0.05) is 11.4 Å².